The Morgan fingerprint density at radius 3 is 2.90 bits per heavy atom. The quantitative estimate of drug-likeness (QED) is 0.873. The van der Waals surface area contributed by atoms with Crippen molar-refractivity contribution in [2.45, 2.75) is 43.7 Å². The smallest absolute Gasteiger partial charge is 0.224 e. The average molecular weight is 289 g/mol. The molecule has 1 atom stereocenters. The van der Waals surface area contributed by atoms with Gasteiger partial charge in [0.1, 0.15) is 0 Å². The van der Waals surface area contributed by atoms with E-state index in [9.17, 15) is 4.79 Å². The molecule has 0 aromatic carbocycles. The van der Waals surface area contributed by atoms with Crippen LogP contribution in [0, 0.1) is 0 Å². The number of hydrogen-bond acceptors (Lipinski definition) is 4. The van der Waals surface area contributed by atoms with E-state index in [2.05, 4.69) is 15.6 Å². The number of rotatable bonds is 3. The number of aromatic nitrogens is 1. The molecule has 1 aromatic rings. The van der Waals surface area contributed by atoms with Gasteiger partial charge in [0.15, 0.2) is 0 Å². The van der Waals surface area contributed by atoms with Gasteiger partial charge in [0.25, 0.3) is 0 Å². The molecule has 3 rings (SSSR count). The average Bonchev–Trinajstić information content (AvgIpc) is 2.52. The Balaban J connectivity index is 1.63. The van der Waals surface area contributed by atoms with Gasteiger partial charge in [-0.1, -0.05) is 0 Å². The number of nitrogens with zero attached hydrogens (tertiary/aromatic N) is 1. The maximum atomic E-state index is 12.3. The van der Waals surface area contributed by atoms with Crippen molar-refractivity contribution in [2.24, 2.45) is 0 Å². The molecule has 0 aliphatic carbocycles. The monoisotopic (exact) mass is 289 g/mol. The fourth-order valence-corrected chi connectivity index (χ4v) is 3.40. The summed E-state index contributed by atoms with van der Waals surface area (Å²) >= 11 is 0. The van der Waals surface area contributed by atoms with Crippen molar-refractivity contribution in [1.82, 2.24) is 15.6 Å². The molecule has 2 aliphatic heterocycles. The Morgan fingerprint density at radius 1 is 1.38 bits per heavy atom. The summed E-state index contributed by atoms with van der Waals surface area (Å²) in [4.78, 5) is 16.3. The summed E-state index contributed by atoms with van der Waals surface area (Å²) in [7, 11) is 0. The molecule has 0 bridgehead atoms. The lowest BCUT2D eigenvalue weighted by Crippen LogP contribution is -2.60. The molecule has 1 aromatic heterocycles. The van der Waals surface area contributed by atoms with E-state index >= 15 is 0 Å². The largest absolute Gasteiger partial charge is 0.373 e. The zero-order chi connectivity index (χ0) is 14.5. The summed E-state index contributed by atoms with van der Waals surface area (Å²) in [6.07, 6.45) is 7.85. The van der Waals surface area contributed by atoms with Crippen LogP contribution in [0.5, 0.6) is 0 Å². The minimum Gasteiger partial charge on any atom is -0.373 e. The highest BCUT2D eigenvalue weighted by Gasteiger charge is 2.43. The predicted molar refractivity (Wildman–Crippen MR) is 79.9 cm³/mol. The minimum atomic E-state index is -0.155. The first-order valence-corrected chi connectivity index (χ1v) is 7.81. The van der Waals surface area contributed by atoms with Gasteiger partial charge in [0.2, 0.25) is 5.91 Å². The molecule has 0 saturated carbocycles. The number of nitrogens with one attached hydrogen (secondary N) is 2. The summed E-state index contributed by atoms with van der Waals surface area (Å²) < 4.78 is 6.11. The molecular weight excluding hydrogens is 266 g/mol. The lowest BCUT2D eigenvalue weighted by Gasteiger charge is -2.46. The lowest BCUT2D eigenvalue weighted by atomic mass is 9.80. The second-order valence-corrected chi connectivity index (χ2v) is 5.96. The van der Waals surface area contributed by atoms with E-state index in [0.29, 0.717) is 6.42 Å². The van der Waals surface area contributed by atoms with E-state index < -0.39 is 0 Å². The van der Waals surface area contributed by atoms with Crippen LogP contribution in [0.3, 0.4) is 0 Å². The van der Waals surface area contributed by atoms with E-state index in [1.807, 2.05) is 12.1 Å². The van der Waals surface area contributed by atoms with Crippen LogP contribution in [0.1, 0.15) is 31.2 Å². The molecule has 2 N–H and O–H groups in total. The molecule has 1 unspecified atom stereocenters. The maximum Gasteiger partial charge on any atom is 0.224 e. The Hall–Kier alpha value is -1.46. The third-order valence-corrected chi connectivity index (χ3v) is 4.56. The van der Waals surface area contributed by atoms with Crippen molar-refractivity contribution in [3.63, 3.8) is 0 Å². The number of ether oxygens (including phenoxy) is 1. The van der Waals surface area contributed by atoms with Crippen LogP contribution in [0.15, 0.2) is 24.5 Å². The normalized spacial score (nSPS) is 24.7. The summed E-state index contributed by atoms with van der Waals surface area (Å²) in [5.74, 6) is 0.0783. The first-order valence-electron chi connectivity index (χ1n) is 7.81. The van der Waals surface area contributed by atoms with Crippen molar-refractivity contribution < 1.29 is 9.53 Å². The number of carbonyl (C=O) groups is 1. The highest BCUT2D eigenvalue weighted by atomic mass is 16.5. The molecule has 5 heteroatoms. The zero-order valence-corrected chi connectivity index (χ0v) is 12.3. The molecule has 3 heterocycles. The van der Waals surface area contributed by atoms with E-state index in [-0.39, 0.29) is 17.6 Å². The van der Waals surface area contributed by atoms with Crippen molar-refractivity contribution in [2.75, 3.05) is 19.7 Å². The fraction of sp³-hybridized carbons (Fsp3) is 0.625. The van der Waals surface area contributed by atoms with Crippen molar-refractivity contribution >= 4 is 5.91 Å². The standard InChI is InChI=1S/C16H23N3O2/c20-15(12-13-3-7-17-8-4-13)19-14-2-1-11-21-16(14)5-9-18-10-6-16/h3-4,7-8,14,18H,1-2,5-6,9-12H2,(H,19,20). The number of amides is 1. The molecule has 0 radical (unpaired) electrons. The number of carbonyl (C=O) groups excluding carboxylic acids is 1. The minimum absolute atomic E-state index is 0.0783. The number of pyridine rings is 1. The van der Waals surface area contributed by atoms with Gasteiger partial charge in [0.05, 0.1) is 18.1 Å². The Bertz CT molecular complexity index is 463. The molecule has 1 amide bonds. The van der Waals surface area contributed by atoms with Crippen LogP contribution in [0.25, 0.3) is 0 Å². The maximum absolute atomic E-state index is 12.3. The SMILES string of the molecule is O=C(Cc1ccncc1)NC1CCCOC12CCNCC2. The second-order valence-electron chi connectivity index (χ2n) is 5.96. The lowest BCUT2D eigenvalue weighted by molar-refractivity contribution is -0.136. The predicted octanol–water partition coefficient (Wildman–Crippen LogP) is 1.04. The third-order valence-electron chi connectivity index (χ3n) is 4.56. The molecular formula is C16H23N3O2. The van der Waals surface area contributed by atoms with Crippen molar-refractivity contribution in [1.29, 1.82) is 0 Å². The molecule has 114 valence electrons. The van der Waals surface area contributed by atoms with Crippen LogP contribution in [-0.2, 0) is 16.0 Å². The van der Waals surface area contributed by atoms with Gasteiger partial charge in [-0.05, 0) is 56.5 Å². The Morgan fingerprint density at radius 2 is 2.14 bits per heavy atom. The summed E-state index contributed by atoms with van der Waals surface area (Å²) in [5.41, 5.74) is 0.843. The van der Waals surface area contributed by atoms with Crippen LogP contribution >= 0.6 is 0 Å². The summed E-state index contributed by atoms with van der Waals surface area (Å²) in [6.45, 7) is 2.75. The fourth-order valence-electron chi connectivity index (χ4n) is 3.40. The topological polar surface area (TPSA) is 63.2 Å². The first kappa shape index (κ1) is 14.5. The molecule has 2 aliphatic rings. The van der Waals surface area contributed by atoms with E-state index in [1.165, 1.54) is 0 Å². The summed E-state index contributed by atoms with van der Waals surface area (Å²) in [6, 6.07) is 3.91. The van der Waals surface area contributed by atoms with Gasteiger partial charge in [0, 0.05) is 19.0 Å². The van der Waals surface area contributed by atoms with Crippen molar-refractivity contribution in [3.8, 4) is 0 Å². The molecule has 2 fully saturated rings. The molecule has 21 heavy (non-hydrogen) atoms. The van der Waals surface area contributed by atoms with E-state index in [0.717, 1.165) is 50.9 Å². The first-order chi connectivity index (χ1) is 10.3. The number of piperidine rings is 1. The van der Waals surface area contributed by atoms with Gasteiger partial charge in [-0.2, -0.15) is 0 Å². The van der Waals surface area contributed by atoms with E-state index in [4.69, 9.17) is 4.74 Å². The Labute approximate surface area is 125 Å². The van der Waals surface area contributed by atoms with Gasteiger partial charge in [-0.25, -0.2) is 0 Å². The van der Waals surface area contributed by atoms with Crippen LogP contribution in [-0.4, -0.2) is 42.2 Å². The second kappa shape index (κ2) is 6.54. The van der Waals surface area contributed by atoms with Crippen molar-refractivity contribution in [3.05, 3.63) is 30.1 Å². The molecule has 2 saturated heterocycles. The Kier molecular flexibility index (Phi) is 4.51. The highest BCUT2D eigenvalue weighted by Crippen LogP contribution is 2.33. The molecule has 1 spiro atoms. The van der Waals surface area contributed by atoms with Gasteiger partial charge < -0.3 is 15.4 Å². The molecule has 5 nitrogen and oxygen atoms in total. The van der Waals surface area contributed by atoms with Crippen LogP contribution in [0.4, 0.5) is 0 Å². The number of hydrogen-bond donors (Lipinski definition) is 2. The zero-order valence-electron chi connectivity index (χ0n) is 12.3. The van der Waals surface area contributed by atoms with E-state index in [1.54, 1.807) is 12.4 Å². The van der Waals surface area contributed by atoms with Gasteiger partial charge >= 0.3 is 0 Å². The third kappa shape index (κ3) is 3.41. The van der Waals surface area contributed by atoms with Gasteiger partial charge in [-0.3, -0.25) is 9.78 Å². The van der Waals surface area contributed by atoms with Gasteiger partial charge in [-0.15, -0.1) is 0 Å². The highest BCUT2D eigenvalue weighted by molar-refractivity contribution is 5.79. The van der Waals surface area contributed by atoms with Crippen LogP contribution < -0.4 is 10.6 Å². The van der Waals surface area contributed by atoms with Crippen LogP contribution in [0.2, 0.25) is 0 Å². The summed E-state index contributed by atoms with van der Waals surface area (Å²) in [5, 5.41) is 6.59.